The van der Waals surface area contributed by atoms with Crippen LogP contribution in [0.1, 0.15) is 41.5 Å². The van der Waals surface area contributed by atoms with E-state index in [1.807, 2.05) is 12.1 Å². The number of halogens is 1. The molecule has 3 amide bonds. The number of nitrogens with one attached hydrogen (secondary N) is 2. The summed E-state index contributed by atoms with van der Waals surface area (Å²) >= 11 is 7.02. The molecule has 2 aromatic carbocycles. The zero-order valence-corrected chi connectivity index (χ0v) is 17.7. The maximum atomic E-state index is 13.1. The van der Waals surface area contributed by atoms with E-state index in [1.165, 1.54) is 0 Å². The van der Waals surface area contributed by atoms with Gasteiger partial charge in [0.1, 0.15) is 0 Å². The first-order valence-corrected chi connectivity index (χ1v) is 10.5. The third kappa shape index (κ3) is 4.21. The van der Waals surface area contributed by atoms with Gasteiger partial charge in [-0.2, -0.15) is 0 Å². The number of benzene rings is 2. The Balaban J connectivity index is 1.59. The van der Waals surface area contributed by atoms with E-state index in [-0.39, 0.29) is 29.2 Å². The number of nitrogens with zero attached hydrogens (tertiary/aromatic N) is 1. The van der Waals surface area contributed by atoms with Crippen LogP contribution in [-0.2, 0) is 13.0 Å². The first kappa shape index (κ1) is 20.8. The van der Waals surface area contributed by atoms with Crippen molar-refractivity contribution in [1.29, 1.82) is 5.41 Å². The molecule has 4 rings (SSSR count). The zero-order valence-electron chi connectivity index (χ0n) is 16.1. The lowest BCUT2D eigenvalue weighted by atomic mass is 10.1. The molecule has 0 spiro atoms. The molecule has 0 aliphatic carbocycles. The molecule has 1 aliphatic rings. The fraction of sp³-hybridized carbons (Fsp3) is 0.0909. The molecule has 31 heavy (non-hydrogen) atoms. The number of thiophene rings is 1. The molecule has 0 fully saturated rings. The molecule has 0 radical (unpaired) electrons. The third-order valence-corrected chi connectivity index (χ3v) is 6.00. The summed E-state index contributed by atoms with van der Waals surface area (Å²) in [4.78, 5) is 40.1. The average molecular weight is 453 g/mol. The highest BCUT2D eigenvalue weighted by molar-refractivity contribution is 7.18. The molecular formula is C22H17ClN4O3S. The van der Waals surface area contributed by atoms with E-state index < -0.39 is 17.7 Å². The van der Waals surface area contributed by atoms with Gasteiger partial charge in [-0.05, 0) is 35.4 Å². The van der Waals surface area contributed by atoms with Crippen molar-refractivity contribution in [2.45, 2.75) is 13.0 Å². The van der Waals surface area contributed by atoms with Gasteiger partial charge in [0.15, 0.2) is 0 Å². The van der Waals surface area contributed by atoms with Crippen molar-refractivity contribution in [3.05, 3.63) is 86.1 Å². The van der Waals surface area contributed by atoms with Gasteiger partial charge < -0.3 is 11.1 Å². The van der Waals surface area contributed by atoms with Gasteiger partial charge in [0, 0.05) is 6.42 Å². The van der Waals surface area contributed by atoms with Gasteiger partial charge in [0.25, 0.3) is 17.7 Å². The van der Waals surface area contributed by atoms with Gasteiger partial charge >= 0.3 is 0 Å². The van der Waals surface area contributed by atoms with E-state index in [2.05, 4.69) is 5.32 Å². The maximum absolute atomic E-state index is 13.1. The highest BCUT2D eigenvalue weighted by Gasteiger charge is 2.37. The molecule has 0 unspecified atom stereocenters. The van der Waals surface area contributed by atoms with Crippen LogP contribution >= 0.6 is 22.9 Å². The van der Waals surface area contributed by atoms with E-state index in [9.17, 15) is 14.4 Å². The minimum Gasteiger partial charge on any atom is -0.387 e. The Labute approximate surface area is 186 Å². The Morgan fingerprint density at radius 3 is 2.52 bits per heavy atom. The van der Waals surface area contributed by atoms with Crippen molar-refractivity contribution in [2.75, 3.05) is 5.32 Å². The summed E-state index contributed by atoms with van der Waals surface area (Å²) in [7, 11) is 0. The summed E-state index contributed by atoms with van der Waals surface area (Å²) in [5.41, 5.74) is 7.72. The summed E-state index contributed by atoms with van der Waals surface area (Å²) < 4.78 is 0.480. The Kier molecular flexibility index (Phi) is 5.58. The number of hydrogen-bond acceptors (Lipinski definition) is 5. The number of hydrogen-bond donors (Lipinski definition) is 3. The Morgan fingerprint density at radius 2 is 1.81 bits per heavy atom. The van der Waals surface area contributed by atoms with E-state index in [0.29, 0.717) is 15.6 Å². The zero-order chi connectivity index (χ0) is 22.1. The Morgan fingerprint density at radius 1 is 1.06 bits per heavy atom. The summed E-state index contributed by atoms with van der Waals surface area (Å²) in [6.07, 6.45) is 0.291. The predicted octanol–water partition coefficient (Wildman–Crippen LogP) is 3.93. The van der Waals surface area contributed by atoms with Gasteiger partial charge in [-0.25, -0.2) is 0 Å². The quantitative estimate of drug-likeness (QED) is 0.298. The lowest BCUT2D eigenvalue weighted by Crippen LogP contribution is -2.29. The van der Waals surface area contributed by atoms with Crippen molar-refractivity contribution < 1.29 is 14.4 Å². The summed E-state index contributed by atoms with van der Waals surface area (Å²) in [6.45, 7) is 0.0754. The number of amides is 3. The van der Waals surface area contributed by atoms with Gasteiger partial charge in [-0.15, -0.1) is 11.3 Å². The van der Waals surface area contributed by atoms with Crippen LogP contribution < -0.4 is 11.1 Å². The number of amidine groups is 1. The molecule has 1 aromatic heterocycles. The van der Waals surface area contributed by atoms with Crippen molar-refractivity contribution >= 4 is 52.2 Å². The topological polar surface area (TPSA) is 116 Å². The second kappa shape index (κ2) is 8.33. The molecule has 0 saturated carbocycles. The maximum Gasteiger partial charge on any atom is 0.265 e. The first-order valence-electron chi connectivity index (χ1n) is 9.30. The summed E-state index contributed by atoms with van der Waals surface area (Å²) in [6, 6.07) is 15.2. The van der Waals surface area contributed by atoms with Gasteiger partial charge in [0.05, 0.1) is 38.4 Å². The number of carbonyl (C=O) groups is 3. The molecule has 7 nitrogen and oxygen atoms in total. The Bertz CT molecular complexity index is 1240. The summed E-state index contributed by atoms with van der Waals surface area (Å²) in [5, 5.41) is 10.2. The van der Waals surface area contributed by atoms with Crippen molar-refractivity contribution in [1.82, 2.24) is 4.90 Å². The van der Waals surface area contributed by atoms with E-state index in [1.54, 1.807) is 42.5 Å². The third-order valence-electron chi connectivity index (χ3n) is 4.77. The number of nitrogens with two attached hydrogens (primary N) is 1. The van der Waals surface area contributed by atoms with Crippen LogP contribution in [0.2, 0.25) is 4.34 Å². The van der Waals surface area contributed by atoms with Crippen molar-refractivity contribution in [2.24, 2.45) is 5.73 Å². The minimum absolute atomic E-state index is 0.0327. The smallest absolute Gasteiger partial charge is 0.265 e. The van der Waals surface area contributed by atoms with Crippen LogP contribution in [-0.4, -0.2) is 28.5 Å². The standard InChI is InChI=1S/C22H17ClN4O3S/c23-17-8-7-16(31-17)20(28)26-15-6-2-5-14-19(15)22(30)27(21(14)29)11-13-4-1-3-12(9-13)10-18(24)25/h1-9H,10-11H2,(H3,24,25)(H,26,28). The van der Waals surface area contributed by atoms with Crippen LogP contribution in [0.3, 0.4) is 0 Å². The molecule has 9 heteroatoms. The predicted molar refractivity (Wildman–Crippen MR) is 120 cm³/mol. The number of carbonyl (C=O) groups excluding carboxylic acids is 3. The van der Waals surface area contributed by atoms with Gasteiger partial charge in [0.2, 0.25) is 0 Å². The molecule has 3 aromatic rings. The summed E-state index contributed by atoms with van der Waals surface area (Å²) in [5.74, 6) is -1.27. The SMILES string of the molecule is N=C(N)Cc1cccc(CN2C(=O)c3cccc(NC(=O)c4ccc(Cl)s4)c3C2=O)c1. The lowest BCUT2D eigenvalue weighted by molar-refractivity contribution is 0.0642. The van der Waals surface area contributed by atoms with E-state index >= 15 is 0 Å². The van der Waals surface area contributed by atoms with Gasteiger partial charge in [-0.1, -0.05) is 41.9 Å². The van der Waals surface area contributed by atoms with E-state index in [4.69, 9.17) is 22.7 Å². The van der Waals surface area contributed by atoms with Gasteiger partial charge in [-0.3, -0.25) is 24.7 Å². The largest absolute Gasteiger partial charge is 0.387 e. The first-order chi connectivity index (χ1) is 14.8. The normalized spacial score (nSPS) is 12.7. The second-order valence-electron chi connectivity index (χ2n) is 7.00. The molecule has 0 atom stereocenters. The number of imide groups is 1. The lowest BCUT2D eigenvalue weighted by Gasteiger charge is -2.15. The Hall–Kier alpha value is -3.49. The van der Waals surface area contributed by atoms with Crippen molar-refractivity contribution in [3.8, 4) is 0 Å². The monoisotopic (exact) mass is 452 g/mol. The number of anilines is 1. The fourth-order valence-corrected chi connectivity index (χ4v) is 4.38. The minimum atomic E-state index is -0.475. The number of rotatable bonds is 6. The fourth-order valence-electron chi connectivity index (χ4n) is 3.44. The molecule has 156 valence electrons. The molecule has 0 saturated heterocycles. The number of fused-ring (bicyclic) bond motifs is 1. The van der Waals surface area contributed by atoms with Crippen LogP contribution in [0.25, 0.3) is 0 Å². The van der Waals surface area contributed by atoms with Crippen LogP contribution in [0.5, 0.6) is 0 Å². The average Bonchev–Trinajstić information content (AvgIpc) is 3.26. The van der Waals surface area contributed by atoms with E-state index in [0.717, 1.165) is 27.4 Å². The highest BCUT2D eigenvalue weighted by Crippen LogP contribution is 2.31. The molecule has 1 aliphatic heterocycles. The van der Waals surface area contributed by atoms with Crippen molar-refractivity contribution in [3.63, 3.8) is 0 Å². The van der Waals surface area contributed by atoms with Crippen LogP contribution in [0, 0.1) is 5.41 Å². The second-order valence-corrected chi connectivity index (χ2v) is 8.72. The molecule has 2 heterocycles. The highest BCUT2D eigenvalue weighted by atomic mass is 35.5. The molecule has 0 bridgehead atoms. The van der Waals surface area contributed by atoms with Crippen LogP contribution in [0.4, 0.5) is 5.69 Å². The molecule has 4 N–H and O–H groups in total. The van der Waals surface area contributed by atoms with Crippen LogP contribution in [0.15, 0.2) is 54.6 Å². The molecular weight excluding hydrogens is 436 g/mol.